The van der Waals surface area contributed by atoms with Gasteiger partial charge in [0.25, 0.3) is 0 Å². The number of nitriles is 1. The van der Waals surface area contributed by atoms with Crippen LogP contribution in [0.15, 0.2) is 18.2 Å². The standard InChI is InChI=1S/C12H14FNO2/c1-3-15-8-9(2)16-12-6-4-5-11(13)10(12)7-14/h4-6,9H,3,8H2,1-2H3. The van der Waals surface area contributed by atoms with Crippen LogP contribution in [-0.2, 0) is 4.74 Å². The van der Waals surface area contributed by atoms with Crippen LogP contribution < -0.4 is 4.74 Å². The molecule has 86 valence electrons. The smallest absolute Gasteiger partial charge is 0.144 e. The average Bonchev–Trinajstić information content (AvgIpc) is 2.27. The molecule has 1 aromatic rings. The molecule has 1 rings (SSSR count). The minimum Gasteiger partial charge on any atom is -0.487 e. The fourth-order valence-electron chi connectivity index (χ4n) is 1.25. The van der Waals surface area contributed by atoms with E-state index in [0.29, 0.717) is 13.2 Å². The van der Waals surface area contributed by atoms with E-state index in [1.807, 2.05) is 13.8 Å². The fourth-order valence-corrected chi connectivity index (χ4v) is 1.25. The third-order valence-electron chi connectivity index (χ3n) is 1.97. The molecule has 4 heteroatoms. The van der Waals surface area contributed by atoms with Gasteiger partial charge >= 0.3 is 0 Å². The SMILES string of the molecule is CCOCC(C)Oc1cccc(F)c1C#N. The van der Waals surface area contributed by atoms with Gasteiger partial charge in [-0.1, -0.05) is 6.07 Å². The van der Waals surface area contributed by atoms with Crippen LogP contribution in [0.2, 0.25) is 0 Å². The number of rotatable bonds is 5. The predicted octanol–water partition coefficient (Wildman–Crippen LogP) is 2.50. The Bertz CT molecular complexity index is 387. The lowest BCUT2D eigenvalue weighted by Gasteiger charge is -2.15. The van der Waals surface area contributed by atoms with Gasteiger partial charge in [0.2, 0.25) is 0 Å². The molecule has 0 heterocycles. The highest BCUT2D eigenvalue weighted by atomic mass is 19.1. The van der Waals surface area contributed by atoms with E-state index in [0.717, 1.165) is 0 Å². The number of benzene rings is 1. The van der Waals surface area contributed by atoms with Gasteiger partial charge in [0.05, 0.1) is 6.61 Å². The van der Waals surface area contributed by atoms with E-state index in [2.05, 4.69) is 0 Å². The van der Waals surface area contributed by atoms with Crippen LogP contribution in [0.5, 0.6) is 5.75 Å². The molecule has 0 bridgehead atoms. The first kappa shape index (κ1) is 12.5. The highest BCUT2D eigenvalue weighted by Crippen LogP contribution is 2.21. The number of halogens is 1. The van der Waals surface area contributed by atoms with Crippen molar-refractivity contribution >= 4 is 0 Å². The van der Waals surface area contributed by atoms with Gasteiger partial charge in [0, 0.05) is 6.61 Å². The van der Waals surface area contributed by atoms with Gasteiger partial charge in [-0.25, -0.2) is 4.39 Å². The van der Waals surface area contributed by atoms with Crippen molar-refractivity contribution in [3.05, 3.63) is 29.6 Å². The zero-order chi connectivity index (χ0) is 12.0. The fraction of sp³-hybridized carbons (Fsp3) is 0.417. The van der Waals surface area contributed by atoms with Crippen molar-refractivity contribution < 1.29 is 13.9 Å². The molecule has 0 N–H and O–H groups in total. The summed E-state index contributed by atoms with van der Waals surface area (Å²) in [6.45, 7) is 4.71. The van der Waals surface area contributed by atoms with E-state index in [4.69, 9.17) is 14.7 Å². The lowest BCUT2D eigenvalue weighted by Crippen LogP contribution is -2.19. The molecule has 1 unspecified atom stereocenters. The third kappa shape index (κ3) is 3.21. The first-order valence-electron chi connectivity index (χ1n) is 5.12. The van der Waals surface area contributed by atoms with Crippen molar-refractivity contribution in [1.29, 1.82) is 5.26 Å². The Kier molecular flexibility index (Phi) is 4.74. The second kappa shape index (κ2) is 6.09. The number of hydrogen-bond donors (Lipinski definition) is 0. The van der Waals surface area contributed by atoms with E-state index < -0.39 is 5.82 Å². The monoisotopic (exact) mass is 223 g/mol. The highest BCUT2D eigenvalue weighted by Gasteiger charge is 2.11. The Morgan fingerprint density at radius 3 is 2.88 bits per heavy atom. The number of ether oxygens (including phenoxy) is 2. The van der Waals surface area contributed by atoms with Gasteiger partial charge in [0.1, 0.15) is 29.3 Å². The van der Waals surface area contributed by atoms with Gasteiger partial charge in [0.15, 0.2) is 0 Å². The Balaban J connectivity index is 2.74. The summed E-state index contributed by atoms with van der Waals surface area (Å²) >= 11 is 0. The minimum atomic E-state index is -0.566. The second-order valence-corrected chi connectivity index (χ2v) is 3.31. The molecule has 0 fully saturated rings. The van der Waals surface area contributed by atoms with Gasteiger partial charge < -0.3 is 9.47 Å². The van der Waals surface area contributed by atoms with Crippen molar-refractivity contribution in [3.63, 3.8) is 0 Å². The highest BCUT2D eigenvalue weighted by molar-refractivity contribution is 5.43. The molecular weight excluding hydrogens is 209 g/mol. The quantitative estimate of drug-likeness (QED) is 0.770. The van der Waals surface area contributed by atoms with E-state index >= 15 is 0 Å². The first-order chi connectivity index (χ1) is 7.69. The molecular formula is C12H14FNO2. The topological polar surface area (TPSA) is 42.2 Å². The molecule has 0 spiro atoms. The van der Waals surface area contributed by atoms with E-state index in [-0.39, 0.29) is 17.4 Å². The van der Waals surface area contributed by atoms with Gasteiger partial charge in [-0.3, -0.25) is 0 Å². The summed E-state index contributed by atoms with van der Waals surface area (Å²) in [6, 6.07) is 6.11. The average molecular weight is 223 g/mol. The molecule has 0 aliphatic rings. The summed E-state index contributed by atoms with van der Waals surface area (Å²) in [7, 11) is 0. The zero-order valence-electron chi connectivity index (χ0n) is 9.37. The minimum absolute atomic E-state index is 0.0640. The van der Waals surface area contributed by atoms with Crippen LogP contribution in [0.25, 0.3) is 0 Å². The van der Waals surface area contributed by atoms with Crippen LogP contribution in [0, 0.1) is 17.1 Å². The summed E-state index contributed by atoms with van der Waals surface area (Å²) in [5, 5.41) is 8.79. The molecule has 0 aliphatic heterocycles. The molecule has 0 amide bonds. The van der Waals surface area contributed by atoms with Gasteiger partial charge in [-0.05, 0) is 26.0 Å². The van der Waals surface area contributed by atoms with Gasteiger partial charge in [-0.15, -0.1) is 0 Å². The molecule has 3 nitrogen and oxygen atoms in total. The van der Waals surface area contributed by atoms with E-state index in [1.165, 1.54) is 12.1 Å². The molecule has 16 heavy (non-hydrogen) atoms. The normalized spacial score (nSPS) is 11.9. The van der Waals surface area contributed by atoms with Crippen LogP contribution in [0.1, 0.15) is 19.4 Å². The van der Waals surface area contributed by atoms with Crippen molar-refractivity contribution in [2.24, 2.45) is 0 Å². The molecule has 0 saturated heterocycles. The van der Waals surface area contributed by atoms with Crippen molar-refractivity contribution in [1.82, 2.24) is 0 Å². The Morgan fingerprint density at radius 1 is 1.50 bits per heavy atom. The number of hydrogen-bond acceptors (Lipinski definition) is 3. The molecule has 0 aliphatic carbocycles. The van der Waals surface area contributed by atoms with Crippen LogP contribution in [0.3, 0.4) is 0 Å². The van der Waals surface area contributed by atoms with E-state index in [1.54, 1.807) is 12.1 Å². The zero-order valence-corrected chi connectivity index (χ0v) is 9.37. The lowest BCUT2D eigenvalue weighted by molar-refractivity contribution is 0.0654. The Hall–Kier alpha value is -1.60. The van der Waals surface area contributed by atoms with Crippen LogP contribution in [-0.4, -0.2) is 19.3 Å². The number of nitrogens with zero attached hydrogens (tertiary/aromatic N) is 1. The largest absolute Gasteiger partial charge is 0.487 e. The molecule has 0 saturated carbocycles. The Labute approximate surface area is 94.4 Å². The predicted molar refractivity (Wildman–Crippen MR) is 57.7 cm³/mol. The third-order valence-corrected chi connectivity index (χ3v) is 1.97. The summed E-state index contributed by atoms with van der Waals surface area (Å²) in [4.78, 5) is 0. The van der Waals surface area contributed by atoms with Crippen molar-refractivity contribution in [2.45, 2.75) is 20.0 Å². The summed E-state index contributed by atoms with van der Waals surface area (Å²) in [5.74, 6) is -0.307. The molecule has 1 aromatic carbocycles. The molecule has 0 aromatic heterocycles. The summed E-state index contributed by atoms with van der Waals surface area (Å²) in [6.07, 6.45) is -0.214. The van der Waals surface area contributed by atoms with Gasteiger partial charge in [-0.2, -0.15) is 5.26 Å². The summed E-state index contributed by atoms with van der Waals surface area (Å²) < 4.78 is 23.8. The van der Waals surface area contributed by atoms with Crippen molar-refractivity contribution in [3.8, 4) is 11.8 Å². The van der Waals surface area contributed by atoms with Crippen molar-refractivity contribution in [2.75, 3.05) is 13.2 Å². The maximum Gasteiger partial charge on any atom is 0.144 e. The maximum absolute atomic E-state index is 13.2. The Morgan fingerprint density at radius 2 is 2.25 bits per heavy atom. The lowest BCUT2D eigenvalue weighted by atomic mass is 10.2. The molecule has 0 radical (unpaired) electrons. The summed E-state index contributed by atoms with van der Waals surface area (Å²) in [5.41, 5.74) is -0.0640. The van der Waals surface area contributed by atoms with E-state index in [9.17, 15) is 4.39 Å². The first-order valence-corrected chi connectivity index (χ1v) is 5.12. The second-order valence-electron chi connectivity index (χ2n) is 3.31. The van der Waals surface area contributed by atoms with Crippen LogP contribution >= 0.6 is 0 Å². The molecule has 1 atom stereocenters. The van der Waals surface area contributed by atoms with Crippen LogP contribution in [0.4, 0.5) is 4.39 Å². The maximum atomic E-state index is 13.2.